The van der Waals surface area contributed by atoms with Crippen molar-refractivity contribution in [2.75, 3.05) is 11.4 Å². The Hall–Kier alpha value is -3.65. The van der Waals surface area contributed by atoms with Crippen molar-refractivity contribution in [1.29, 1.82) is 0 Å². The molecule has 0 spiro atoms. The van der Waals surface area contributed by atoms with E-state index in [0.29, 0.717) is 18.9 Å². The highest BCUT2D eigenvalue weighted by atomic mass is 32.1. The summed E-state index contributed by atoms with van der Waals surface area (Å²) in [5.74, 6) is 1.39. The Morgan fingerprint density at radius 3 is 2.83 bits per heavy atom. The minimum atomic E-state index is -0.144. The second kappa shape index (κ2) is 7.64. The van der Waals surface area contributed by atoms with E-state index in [-0.39, 0.29) is 5.56 Å². The molecule has 0 amide bonds. The fourth-order valence-electron chi connectivity index (χ4n) is 3.30. The highest BCUT2D eigenvalue weighted by Crippen LogP contribution is 2.17. The van der Waals surface area contributed by atoms with Crippen molar-refractivity contribution in [3.63, 3.8) is 0 Å². The molecule has 0 radical (unpaired) electrons. The molecule has 0 saturated carbocycles. The third kappa shape index (κ3) is 3.65. The van der Waals surface area contributed by atoms with E-state index in [4.69, 9.17) is 0 Å². The maximum absolute atomic E-state index is 12.4. The molecule has 4 heterocycles. The molecule has 0 bridgehead atoms. The van der Waals surface area contributed by atoms with Gasteiger partial charge in [-0.25, -0.2) is 14.6 Å². The summed E-state index contributed by atoms with van der Waals surface area (Å²) >= 11 is 1.48. The minimum Gasteiger partial charge on any atom is -0.327 e. The first-order valence-electron chi connectivity index (χ1n) is 9.51. The molecule has 1 aromatic carbocycles. The van der Waals surface area contributed by atoms with Crippen LogP contribution in [0.4, 0.5) is 5.82 Å². The molecule has 148 valence electrons. The van der Waals surface area contributed by atoms with Crippen molar-refractivity contribution in [2.45, 2.75) is 13.5 Å². The van der Waals surface area contributed by atoms with Gasteiger partial charge in [0.2, 0.25) is 0 Å². The zero-order chi connectivity index (χ0) is 20.5. The number of benzene rings is 1. The standard InChI is InChI=1S/C22H18N6OS/c1-15-10-23-22(24-11-15)17-4-2-3-16(9-17)13-28-21(29)6-5-20(26-28)27-8-7-19-18(14-27)12-25-30-19/h2-7,9-12,14H,8,13H2,1H3. The lowest BCUT2D eigenvalue weighted by Crippen LogP contribution is -2.34. The number of rotatable bonds is 4. The maximum Gasteiger partial charge on any atom is 0.267 e. The molecule has 8 heteroatoms. The van der Waals surface area contributed by atoms with Gasteiger partial charge in [-0.15, -0.1) is 0 Å². The van der Waals surface area contributed by atoms with Crippen molar-refractivity contribution in [3.8, 4) is 11.4 Å². The Kier molecular flexibility index (Phi) is 4.68. The van der Waals surface area contributed by atoms with Crippen LogP contribution in [0, 0.1) is 6.92 Å². The van der Waals surface area contributed by atoms with Crippen molar-refractivity contribution in [3.05, 3.63) is 86.2 Å². The minimum absolute atomic E-state index is 0.144. The van der Waals surface area contributed by atoms with Gasteiger partial charge in [-0.2, -0.15) is 9.47 Å². The van der Waals surface area contributed by atoms with Gasteiger partial charge >= 0.3 is 0 Å². The van der Waals surface area contributed by atoms with Crippen LogP contribution in [-0.4, -0.2) is 30.7 Å². The van der Waals surface area contributed by atoms with Crippen molar-refractivity contribution < 1.29 is 0 Å². The molecule has 0 atom stereocenters. The maximum atomic E-state index is 12.4. The Balaban J connectivity index is 1.44. The van der Waals surface area contributed by atoms with Crippen LogP contribution in [-0.2, 0) is 6.54 Å². The molecule has 0 saturated heterocycles. The Labute approximate surface area is 176 Å². The molecule has 3 aromatic heterocycles. The average Bonchev–Trinajstić information content (AvgIpc) is 3.24. The van der Waals surface area contributed by atoms with E-state index in [1.807, 2.05) is 48.5 Å². The third-order valence-corrected chi connectivity index (χ3v) is 5.65. The van der Waals surface area contributed by atoms with Crippen LogP contribution in [0.15, 0.2) is 59.8 Å². The number of hydrogen-bond acceptors (Lipinski definition) is 7. The summed E-state index contributed by atoms with van der Waals surface area (Å²) in [6, 6.07) is 11.2. The van der Waals surface area contributed by atoms with E-state index >= 15 is 0 Å². The van der Waals surface area contributed by atoms with Crippen LogP contribution in [0.3, 0.4) is 0 Å². The van der Waals surface area contributed by atoms with Crippen molar-refractivity contribution in [2.24, 2.45) is 0 Å². The van der Waals surface area contributed by atoms with Crippen molar-refractivity contribution in [1.82, 2.24) is 24.1 Å². The third-order valence-electron chi connectivity index (χ3n) is 4.84. The molecular formula is C22H18N6OS. The van der Waals surface area contributed by atoms with Crippen LogP contribution in [0.25, 0.3) is 23.7 Å². The topological polar surface area (TPSA) is 76.8 Å². The van der Waals surface area contributed by atoms with Gasteiger partial charge in [0.1, 0.15) is 0 Å². The van der Waals surface area contributed by atoms with Crippen LogP contribution in [0.5, 0.6) is 0 Å². The molecule has 0 aliphatic carbocycles. The summed E-state index contributed by atoms with van der Waals surface area (Å²) in [6.45, 7) is 3.02. The van der Waals surface area contributed by atoms with Gasteiger partial charge in [0, 0.05) is 48.2 Å². The van der Waals surface area contributed by atoms with Gasteiger partial charge in [0.05, 0.1) is 11.1 Å². The van der Waals surface area contributed by atoms with E-state index in [0.717, 1.165) is 32.3 Å². The quantitative estimate of drug-likeness (QED) is 0.504. The van der Waals surface area contributed by atoms with E-state index in [1.165, 1.54) is 16.2 Å². The van der Waals surface area contributed by atoms with E-state index in [2.05, 4.69) is 25.5 Å². The van der Waals surface area contributed by atoms with E-state index < -0.39 is 0 Å². The van der Waals surface area contributed by atoms with Gasteiger partial charge in [-0.1, -0.05) is 18.2 Å². The molecule has 0 N–H and O–H groups in total. The second-order valence-corrected chi connectivity index (χ2v) is 7.94. The van der Waals surface area contributed by atoms with Gasteiger partial charge in [-0.05, 0) is 47.8 Å². The number of aromatic nitrogens is 5. The first-order chi connectivity index (χ1) is 14.7. The molecule has 30 heavy (non-hydrogen) atoms. The summed E-state index contributed by atoms with van der Waals surface area (Å²) in [5.41, 5.74) is 2.74. The largest absolute Gasteiger partial charge is 0.327 e. The number of fused-ring (bicyclic) bond motifs is 1. The summed E-state index contributed by atoms with van der Waals surface area (Å²) in [5, 5.41) is 5.66. The number of hydrogen-bond donors (Lipinski definition) is 0. The van der Waals surface area contributed by atoms with Gasteiger partial charge < -0.3 is 4.90 Å². The molecule has 0 unspecified atom stereocenters. The molecule has 5 rings (SSSR count). The summed E-state index contributed by atoms with van der Waals surface area (Å²) in [4.78, 5) is 23.2. The summed E-state index contributed by atoms with van der Waals surface area (Å²) in [6.07, 6.45) is 9.58. The first kappa shape index (κ1) is 18.4. The zero-order valence-electron chi connectivity index (χ0n) is 16.3. The summed E-state index contributed by atoms with van der Waals surface area (Å²) in [7, 11) is 0. The Morgan fingerprint density at radius 2 is 1.97 bits per heavy atom. The number of aryl methyl sites for hydroxylation is 1. The lowest BCUT2D eigenvalue weighted by Gasteiger charge is -2.19. The molecule has 0 fully saturated rings. The molecule has 1 aliphatic heterocycles. The summed E-state index contributed by atoms with van der Waals surface area (Å²) < 4.78 is 6.87. The zero-order valence-corrected chi connectivity index (χ0v) is 17.1. The smallest absolute Gasteiger partial charge is 0.267 e. The normalized spacial score (nSPS) is 12.8. The Bertz CT molecular complexity index is 1390. The number of nitrogens with zero attached hydrogens (tertiary/aromatic N) is 6. The van der Waals surface area contributed by atoms with Gasteiger partial charge in [0.25, 0.3) is 5.56 Å². The fraction of sp³-hybridized carbons (Fsp3) is 0.136. The predicted molar refractivity (Wildman–Crippen MR) is 117 cm³/mol. The molecular weight excluding hydrogens is 396 g/mol. The van der Waals surface area contributed by atoms with Gasteiger partial charge in [-0.3, -0.25) is 4.79 Å². The lowest BCUT2D eigenvalue weighted by molar-refractivity contribution is 0.638. The van der Waals surface area contributed by atoms with Crippen LogP contribution in [0.2, 0.25) is 0 Å². The lowest BCUT2D eigenvalue weighted by atomic mass is 10.1. The highest BCUT2D eigenvalue weighted by molar-refractivity contribution is 7.03. The van der Waals surface area contributed by atoms with Crippen LogP contribution >= 0.6 is 11.5 Å². The predicted octanol–water partition coefficient (Wildman–Crippen LogP) is 1.55. The van der Waals surface area contributed by atoms with E-state index in [9.17, 15) is 4.79 Å². The highest BCUT2D eigenvalue weighted by Gasteiger charge is 2.11. The van der Waals surface area contributed by atoms with Crippen LogP contribution in [0.1, 0.15) is 11.1 Å². The monoisotopic (exact) mass is 414 g/mol. The second-order valence-electron chi connectivity index (χ2n) is 7.10. The number of anilines is 1. The molecule has 4 aromatic rings. The van der Waals surface area contributed by atoms with Gasteiger partial charge in [0.15, 0.2) is 11.6 Å². The first-order valence-corrected chi connectivity index (χ1v) is 10.3. The average molecular weight is 414 g/mol. The fourth-order valence-corrected chi connectivity index (χ4v) is 3.94. The van der Waals surface area contributed by atoms with Crippen LogP contribution < -0.4 is 20.2 Å². The van der Waals surface area contributed by atoms with Crippen molar-refractivity contribution >= 4 is 29.6 Å². The molecule has 1 aliphatic rings. The Morgan fingerprint density at radius 1 is 1.10 bits per heavy atom. The molecule has 7 nitrogen and oxygen atoms in total. The SMILES string of the molecule is Cc1cnc(-c2cccc(Cn3nc(N4C=c5cnsc5=CC4)ccc3=O)c2)nc1. The van der Waals surface area contributed by atoms with E-state index in [1.54, 1.807) is 24.5 Å².